The summed E-state index contributed by atoms with van der Waals surface area (Å²) in [5.74, 6) is 1.12. The van der Waals surface area contributed by atoms with Crippen molar-refractivity contribution < 1.29 is 9.59 Å². The molecule has 26 heavy (non-hydrogen) atoms. The van der Waals surface area contributed by atoms with Gasteiger partial charge in [0.15, 0.2) is 0 Å². The summed E-state index contributed by atoms with van der Waals surface area (Å²) in [5.41, 5.74) is 1.38. The highest BCUT2D eigenvalue weighted by Gasteiger charge is 2.22. The van der Waals surface area contributed by atoms with Crippen LogP contribution in [0.4, 0.5) is 5.69 Å². The molecule has 2 saturated heterocycles. The van der Waals surface area contributed by atoms with Crippen molar-refractivity contribution in [2.75, 3.05) is 31.5 Å². The van der Waals surface area contributed by atoms with E-state index >= 15 is 0 Å². The average Bonchev–Trinajstić information content (AvgIpc) is 2.69. The summed E-state index contributed by atoms with van der Waals surface area (Å²) >= 11 is 0. The lowest BCUT2D eigenvalue weighted by Gasteiger charge is -2.28. The number of amides is 2. The van der Waals surface area contributed by atoms with Crippen LogP contribution in [-0.4, -0.2) is 42.9 Å². The lowest BCUT2D eigenvalue weighted by atomic mass is 9.84. The van der Waals surface area contributed by atoms with Crippen molar-refractivity contribution in [3.8, 4) is 0 Å². The molecule has 0 saturated carbocycles. The summed E-state index contributed by atoms with van der Waals surface area (Å²) in [6.07, 6.45) is 6.19. The molecule has 2 N–H and O–H groups in total. The monoisotopic (exact) mass is 357 g/mol. The molecule has 1 atom stereocenters. The fraction of sp³-hybridized carbons (Fsp3) is 0.619. The van der Waals surface area contributed by atoms with E-state index in [2.05, 4.69) is 17.6 Å². The van der Waals surface area contributed by atoms with Crippen molar-refractivity contribution in [3.05, 3.63) is 29.8 Å². The average molecular weight is 357 g/mol. The van der Waals surface area contributed by atoms with Crippen LogP contribution in [0.1, 0.15) is 55.8 Å². The largest absolute Gasteiger partial charge is 0.339 e. The Morgan fingerprint density at radius 3 is 2.65 bits per heavy atom. The highest BCUT2D eigenvalue weighted by atomic mass is 16.2. The fourth-order valence-electron chi connectivity index (χ4n) is 4.09. The molecule has 2 amide bonds. The molecule has 5 nitrogen and oxygen atoms in total. The number of hydrogen-bond donors (Lipinski definition) is 2. The van der Waals surface area contributed by atoms with E-state index in [1.54, 1.807) is 0 Å². The van der Waals surface area contributed by atoms with E-state index in [9.17, 15) is 9.59 Å². The topological polar surface area (TPSA) is 61.4 Å². The first-order valence-electron chi connectivity index (χ1n) is 10.0. The van der Waals surface area contributed by atoms with Crippen LogP contribution in [0.15, 0.2) is 24.3 Å². The minimum absolute atomic E-state index is 0.0404. The summed E-state index contributed by atoms with van der Waals surface area (Å²) in [5, 5.41) is 6.35. The zero-order chi connectivity index (χ0) is 18.4. The quantitative estimate of drug-likeness (QED) is 0.850. The molecule has 1 aromatic rings. The number of benzene rings is 1. The van der Waals surface area contributed by atoms with Crippen LogP contribution < -0.4 is 10.6 Å². The molecule has 0 aromatic heterocycles. The van der Waals surface area contributed by atoms with Gasteiger partial charge in [-0.05, 0) is 75.2 Å². The van der Waals surface area contributed by atoms with E-state index in [-0.39, 0.29) is 11.8 Å². The molecule has 0 bridgehead atoms. The molecule has 2 aliphatic rings. The molecule has 0 spiro atoms. The molecule has 0 aliphatic carbocycles. The number of carbonyl (C=O) groups is 2. The second-order valence-electron chi connectivity index (χ2n) is 7.75. The van der Waals surface area contributed by atoms with Crippen molar-refractivity contribution in [1.29, 1.82) is 0 Å². The molecule has 2 fully saturated rings. The number of anilines is 1. The van der Waals surface area contributed by atoms with Gasteiger partial charge >= 0.3 is 0 Å². The van der Waals surface area contributed by atoms with Crippen molar-refractivity contribution in [2.45, 2.75) is 45.4 Å². The Kier molecular flexibility index (Phi) is 6.67. The van der Waals surface area contributed by atoms with Gasteiger partial charge < -0.3 is 15.5 Å². The summed E-state index contributed by atoms with van der Waals surface area (Å²) in [7, 11) is 0. The molecule has 2 heterocycles. The van der Waals surface area contributed by atoms with Crippen molar-refractivity contribution in [1.82, 2.24) is 10.2 Å². The highest BCUT2D eigenvalue weighted by molar-refractivity contribution is 5.97. The van der Waals surface area contributed by atoms with Crippen LogP contribution in [-0.2, 0) is 4.79 Å². The molecule has 0 radical (unpaired) electrons. The Labute approximate surface area is 156 Å². The maximum Gasteiger partial charge on any atom is 0.253 e. The predicted octanol–water partition coefficient (Wildman–Crippen LogP) is 3.28. The zero-order valence-electron chi connectivity index (χ0n) is 15.8. The third kappa shape index (κ3) is 5.07. The Morgan fingerprint density at radius 1 is 1.19 bits per heavy atom. The first kappa shape index (κ1) is 18.9. The zero-order valence-corrected chi connectivity index (χ0v) is 15.8. The Hall–Kier alpha value is -1.88. The van der Waals surface area contributed by atoms with Crippen LogP contribution >= 0.6 is 0 Å². The lowest BCUT2D eigenvalue weighted by Crippen LogP contribution is -2.35. The van der Waals surface area contributed by atoms with Crippen LogP contribution in [0.25, 0.3) is 0 Å². The SMILES string of the molecule is CC(CC(=O)Nc1cccc(C(=O)N2CCCCC2)c1)C1CCNCC1. The number of nitrogens with zero attached hydrogens (tertiary/aromatic N) is 1. The number of carbonyl (C=O) groups excluding carboxylic acids is 2. The number of nitrogens with one attached hydrogen (secondary N) is 2. The maximum absolute atomic E-state index is 12.6. The van der Waals surface area contributed by atoms with E-state index in [0.717, 1.165) is 57.5 Å². The molecule has 1 aromatic carbocycles. The molecular formula is C21H31N3O2. The first-order valence-corrected chi connectivity index (χ1v) is 10.0. The van der Waals surface area contributed by atoms with Gasteiger partial charge in [-0.2, -0.15) is 0 Å². The van der Waals surface area contributed by atoms with Gasteiger partial charge in [0, 0.05) is 30.8 Å². The van der Waals surface area contributed by atoms with Gasteiger partial charge in [0.25, 0.3) is 5.91 Å². The lowest BCUT2D eigenvalue weighted by molar-refractivity contribution is -0.117. The van der Waals surface area contributed by atoms with Gasteiger partial charge in [-0.15, -0.1) is 0 Å². The Morgan fingerprint density at radius 2 is 1.92 bits per heavy atom. The first-order chi connectivity index (χ1) is 12.6. The van der Waals surface area contributed by atoms with E-state index in [1.807, 2.05) is 29.2 Å². The molecule has 2 aliphatic heterocycles. The number of hydrogen-bond acceptors (Lipinski definition) is 3. The number of piperidine rings is 2. The highest BCUT2D eigenvalue weighted by Crippen LogP contribution is 2.25. The number of likely N-dealkylation sites (tertiary alicyclic amines) is 1. The van der Waals surface area contributed by atoms with Gasteiger partial charge in [0.2, 0.25) is 5.91 Å². The van der Waals surface area contributed by atoms with E-state index < -0.39 is 0 Å². The molecule has 5 heteroatoms. The minimum Gasteiger partial charge on any atom is -0.339 e. The van der Waals surface area contributed by atoms with E-state index in [4.69, 9.17) is 0 Å². The van der Waals surface area contributed by atoms with Crippen LogP contribution in [0.2, 0.25) is 0 Å². The molecule has 3 rings (SSSR count). The van der Waals surface area contributed by atoms with Crippen LogP contribution in [0.3, 0.4) is 0 Å². The molecular weight excluding hydrogens is 326 g/mol. The summed E-state index contributed by atoms with van der Waals surface area (Å²) < 4.78 is 0. The van der Waals surface area contributed by atoms with Gasteiger partial charge in [-0.1, -0.05) is 13.0 Å². The minimum atomic E-state index is 0.0404. The fourth-order valence-corrected chi connectivity index (χ4v) is 4.09. The normalized spacial score (nSPS) is 19.8. The Bertz CT molecular complexity index is 619. The summed E-state index contributed by atoms with van der Waals surface area (Å²) in [4.78, 5) is 27.0. The van der Waals surface area contributed by atoms with Crippen LogP contribution in [0, 0.1) is 11.8 Å². The van der Waals surface area contributed by atoms with Gasteiger partial charge in [-0.3, -0.25) is 9.59 Å². The molecule has 1 unspecified atom stereocenters. The van der Waals surface area contributed by atoms with Gasteiger partial charge in [-0.25, -0.2) is 0 Å². The van der Waals surface area contributed by atoms with Crippen molar-refractivity contribution in [2.24, 2.45) is 11.8 Å². The predicted molar refractivity (Wildman–Crippen MR) is 104 cm³/mol. The van der Waals surface area contributed by atoms with Crippen molar-refractivity contribution in [3.63, 3.8) is 0 Å². The van der Waals surface area contributed by atoms with E-state index in [0.29, 0.717) is 23.8 Å². The third-order valence-electron chi connectivity index (χ3n) is 5.73. The standard InChI is InChI=1S/C21H31N3O2/c1-16(17-8-10-22-11-9-17)14-20(25)23-19-7-5-6-18(15-19)21(26)24-12-3-2-4-13-24/h5-7,15-17,22H,2-4,8-14H2,1H3,(H,23,25). The van der Waals surface area contributed by atoms with Crippen LogP contribution in [0.5, 0.6) is 0 Å². The molecule has 142 valence electrons. The second-order valence-corrected chi connectivity index (χ2v) is 7.75. The Balaban J connectivity index is 1.55. The van der Waals surface area contributed by atoms with Crippen molar-refractivity contribution >= 4 is 17.5 Å². The second kappa shape index (κ2) is 9.17. The summed E-state index contributed by atoms with van der Waals surface area (Å²) in [6.45, 7) is 5.95. The van der Waals surface area contributed by atoms with E-state index in [1.165, 1.54) is 6.42 Å². The maximum atomic E-state index is 12.6. The summed E-state index contributed by atoms with van der Waals surface area (Å²) in [6, 6.07) is 7.36. The van der Waals surface area contributed by atoms with Gasteiger partial charge in [0.05, 0.1) is 0 Å². The third-order valence-corrected chi connectivity index (χ3v) is 5.73. The number of rotatable bonds is 5. The smallest absolute Gasteiger partial charge is 0.253 e. The van der Waals surface area contributed by atoms with Gasteiger partial charge in [0.1, 0.15) is 0 Å².